The van der Waals surface area contributed by atoms with Crippen molar-refractivity contribution in [3.05, 3.63) is 100 Å². The van der Waals surface area contributed by atoms with Gasteiger partial charge in [0.05, 0.1) is 30.3 Å². The van der Waals surface area contributed by atoms with E-state index in [4.69, 9.17) is 16.3 Å². The highest BCUT2D eigenvalue weighted by Gasteiger charge is 2.16. The second-order valence-electron chi connectivity index (χ2n) is 6.02. The zero-order chi connectivity index (χ0) is 19.9. The average molecular weight is 389 g/mol. The van der Waals surface area contributed by atoms with Gasteiger partial charge >= 0.3 is 5.97 Å². The number of nitriles is 1. The van der Waals surface area contributed by atoms with Crippen LogP contribution in [0.2, 0.25) is 5.02 Å². The second kappa shape index (κ2) is 8.98. The van der Waals surface area contributed by atoms with E-state index >= 15 is 0 Å². The Morgan fingerprint density at radius 2 is 1.82 bits per heavy atom. The molecule has 0 amide bonds. The number of ether oxygens (including phenoxy) is 1. The van der Waals surface area contributed by atoms with Crippen molar-refractivity contribution in [2.75, 3.05) is 7.11 Å². The number of aliphatic imine (C=N–C) groups is 1. The molecule has 1 atom stereocenters. The lowest BCUT2D eigenvalue weighted by molar-refractivity contribution is 0.0600. The third-order valence-electron chi connectivity index (χ3n) is 4.28. The van der Waals surface area contributed by atoms with Gasteiger partial charge in [0.1, 0.15) is 0 Å². The van der Waals surface area contributed by atoms with E-state index in [2.05, 4.69) is 11.1 Å². The van der Waals surface area contributed by atoms with Crippen molar-refractivity contribution in [3.63, 3.8) is 0 Å². The fraction of sp³-hybridized carbons (Fsp3) is 0.0870. The third-order valence-corrected chi connectivity index (χ3v) is 4.60. The second-order valence-corrected chi connectivity index (χ2v) is 6.42. The number of rotatable bonds is 5. The Labute approximate surface area is 168 Å². The molecule has 3 aromatic rings. The summed E-state index contributed by atoms with van der Waals surface area (Å²) < 4.78 is 4.79. The smallest absolute Gasteiger partial charge is 0.338 e. The minimum absolute atomic E-state index is 0.421. The van der Waals surface area contributed by atoms with E-state index in [9.17, 15) is 10.1 Å². The first-order valence-corrected chi connectivity index (χ1v) is 8.97. The molecule has 0 radical (unpaired) electrons. The molecule has 5 heteroatoms. The monoisotopic (exact) mass is 388 g/mol. The third kappa shape index (κ3) is 4.28. The van der Waals surface area contributed by atoms with Gasteiger partial charge in [0.2, 0.25) is 0 Å². The molecule has 0 N–H and O–H groups in total. The van der Waals surface area contributed by atoms with Crippen LogP contribution in [-0.4, -0.2) is 19.3 Å². The maximum atomic E-state index is 11.9. The number of hydrogen-bond donors (Lipinski definition) is 0. The molecular weight excluding hydrogens is 372 g/mol. The quantitative estimate of drug-likeness (QED) is 0.426. The van der Waals surface area contributed by atoms with Crippen molar-refractivity contribution in [2.24, 2.45) is 4.99 Å². The van der Waals surface area contributed by atoms with Crippen LogP contribution >= 0.6 is 11.6 Å². The number of nitrogens with zero attached hydrogens (tertiary/aromatic N) is 2. The number of benzene rings is 3. The Hall–Kier alpha value is -3.42. The van der Waals surface area contributed by atoms with Gasteiger partial charge in [0.15, 0.2) is 0 Å². The highest BCUT2D eigenvalue weighted by Crippen LogP contribution is 2.32. The normalized spacial score (nSPS) is 11.8. The lowest BCUT2D eigenvalue weighted by Gasteiger charge is -2.12. The summed E-state index contributed by atoms with van der Waals surface area (Å²) in [7, 11) is 1.34. The van der Waals surface area contributed by atoms with Gasteiger partial charge in [-0.3, -0.25) is 4.99 Å². The molecule has 1 unspecified atom stereocenters. The first kappa shape index (κ1) is 19.3. The summed E-state index contributed by atoms with van der Waals surface area (Å²) in [4.78, 5) is 16.3. The van der Waals surface area contributed by atoms with Crippen LogP contribution in [0, 0.1) is 11.3 Å². The summed E-state index contributed by atoms with van der Waals surface area (Å²) in [6.07, 6.45) is 1.59. The largest absolute Gasteiger partial charge is 0.465 e. The molecule has 138 valence electrons. The van der Waals surface area contributed by atoms with Crippen LogP contribution in [0.1, 0.15) is 33.0 Å². The minimum atomic E-state index is -0.452. The zero-order valence-electron chi connectivity index (χ0n) is 15.2. The lowest BCUT2D eigenvalue weighted by atomic mass is 9.92. The number of halogens is 1. The van der Waals surface area contributed by atoms with Gasteiger partial charge in [-0.25, -0.2) is 4.79 Å². The van der Waals surface area contributed by atoms with Crippen molar-refractivity contribution >= 4 is 29.5 Å². The van der Waals surface area contributed by atoms with Crippen molar-refractivity contribution in [1.29, 1.82) is 5.26 Å². The van der Waals surface area contributed by atoms with Crippen LogP contribution in [0.15, 0.2) is 77.8 Å². The van der Waals surface area contributed by atoms with Crippen LogP contribution in [0.25, 0.3) is 0 Å². The molecule has 0 heterocycles. The molecule has 0 aliphatic carbocycles. The Morgan fingerprint density at radius 1 is 1.11 bits per heavy atom. The topological polar surface area (TPSA) is 62.4 Å². The number of carbonyl (C=O) groups is 1. The summed E-state index contributed by atoms with van der Waals surface area (Å²) in [5.74, 6) is -0.873. The lowest BCUT2D eigenvalue weighted by Crippen LogP contribution is -2.04. The Bertz CT molecular complexity index is 1060. The van der Waals surface area contributed by atoms with Crippen LogP contribution in [-0.2, 0) is 4.74 Å². The van der Waals surface area contributed by atoms with E-state index in [1.165, 1.54) is 7.11 Å². The van der Waals surface area contributed by atoms with Gasteiger partial charge in [-0.15, -0.1) is 0 Å². The van der Waals surface area contributed by atoms with Crippen molar-refractivity contribution in [1.82, 2.24) is 0 Å². The summed E-state index contributed by atoms with van der Waals surface area (Å²) in [5, 5.41) is 10.1. The molecule has 3 rings (SSSR count). The summed E-state index contributed by atoms with van der Waals surface area (Å²) in [6.45, 7) is 0. The van der Waals surface area contributed by atoms with Gasteiger partial charge in [0, 0.05) is 16.8 Å². The van der Waals surface area contributed by atoms with E-state index in [0.717, 1.165) is 11.1 Å². The van der Waals surface area contributed by atoms with Crippen LogP contribution < -0.4 is 0 Å². The molecule has 0 saturated heterocycles. The molecule has 4 nitrogen and oxygen atoms in total. The Balaban J connectivity index is 1.89. The summed E-state index contributed by atoms with van der Waals surface area (Å²) >= 11 is 6.44. The minimum Gasteiger partial charge on any atom is -0.465 e. The van der Waals surface area contributed by atoms with E-state index in [1.807, 2.05) is 42.5 Å². The standard InChI is InChI=1S/C23H17ClN2O2/c1-28-23(27)19-10-6-5-9-17(19)15-26-18-11-12-20(22(24)13-18)21(14-25)16-7-3-2-4-8-16/h2-13,15,21H,1H3. The average Bonchev–Trinajstić information content (AvgIpc) is 2.74. The number of esters is 1. The predicted octanol–water partition coefficient (Wildman–Crippen LogP) is 5.53. The van der Waals surface area contributed by atoms with E-state index in [0.29, 0.717) is 21.8 Å². The van der Waals surface area contributed by atoms with E-state index in [-0.39, 0.29) is 0 Å². The zero-order valence-corrected chi connectivity index (χ0v) is 15.9. The number of carbonyl (C=O) groups excluding carboxylic acids is 1. The summed E-state index contributed by atoms with van der Waals surface area (Å²) in [6, 6.07) is 24.2. The van der Waals surface area contributed by atoms with Crippen LogP contribution in [0.5, 0.6) is 0 Å². The molecule has 0 saturated carbocycles. The molecular formula is C23H17ClN2O2. The highest BCUT2D eigenvalue weighted by atomic mass is 35.5. The molecule has 0 spiro atoms. The molecule has 0 aromatic heterocycles. The van der Waals surface area contributed by atoms with Crippen LogP contribution in [0.3, 0.4) is 0 Å². The van der Waals surface area contributed by atoms with E-state index in [1.54, 1.807) is 36.5 Å². The molecule has 0 aliphatic heterocycles. The van der Waals surface area contributed by atoms with Gasteiger partial charge in [-0.1, -0.05) is 66.2 Å². The summed E-state index contributed by atoms with van der Waals surface area (Å²) in [5.41, 5.74) is 3.32. The SMILES string of the molecule is COC(=O)c1ccccc1C=Nc1ccc(C(C#N)c2ccccc2)c(Cl)c1. The van der Waals surface area contributed by atoms with Crippen molar-refractivity contribution in [2.45, 2.75) is 5.92 Å². The fourth-order valence-corrected chi connectivity index (χ4v) is 3.13. The maximum absolute atomic E-state index is 11.9. The molecule has 28 heavy (non-hydrogen) atoms. The fourth-order valence-electron chi connectivity index (χ4n) is 2.85. The molecule has 3 aromatic carbocycles. The first-order valence-electron chi connectivity index (χ1n) is 8.59. The molecule has 0 bridgehead atoms. The Kier molecular flexibility index (Phi) is 6.21. The van der Waals surface area contributed by atoms with Crippen molar-refractivity contribution < 1.29 is 9.53 Å². The van der Waals surface area contributed by atoms with Crippen LogP contribution in [0.4, 0.5) is 5.69 Å². The highest BCUT2D eigenvalue weighted by molar-refractivity contribution is 6.31. The maximum Gasteiger partial charge on any atom is 0.338 e. The molecule has 0 fully saturated rings. The first-order chi connectivity index (χ1) is 13.6. The van der Waals surface area contributed by atoms with E-state index < -0.39 is 11.9 Å². The number of methoxy groups -OCH3 is 1. The van der Waals surface area contributed by atoms with Gasteiger partial charge in [-0.05, 0) is 29.3 Å². The van der Waals surface area contributed by atoms with Gasteiger partial charge < -0.3 is 4.74 Å². The van der Waals surface area contributed by atoms with Crippen molar-refractivity contribution in [3.8, 4) is 6.07 Å². The van der Waals surface area contributed by atoms with Gasteiger partial charge in [0.25, 0.3) is 0 Å². The Morgan fingerprint density at radius 3 is 2.50 bits per heavy atom. The molecule has 0 aliphatic rings. The van der Waals surface area contributed by atoms with Gasteiger partial charge in [-0.2, -0.15) is 5.26 Å². The number of hydrogen-bond acceptors (Lipinski definition) is 4. The predicted molar refractivity (Wildman–Crippen MR) is 110 cm³/mol.